The molecule has 10 rings (SSSR count). The first-order chi connectivity index (χ1) is 34.0. The Morgan fingerprint density at radius 1 is 0.239 bits per heavy atom. The Morgan fingerprint density at radius 2 is 0.451 bits per heavy atom. The molecule has 354 valence electrons. The second-order valence-electron chi connectivity index (χ2n) is 15.8. The van der Waals surface area contributed by atoms with E-state index in [2.05, 4.69) is 19.9 Å². The fourth-order valence-electron chi connectivity index (χ4n) is 7.80. The van der Waals surface area contributed by atoms with E-state index in [-0.39, 0.29) is 33.8 Å². The first kappa shape index (κ1) is 47.0. The highest BCUT2D eigenvalue weighted by molar-refractivity contribution is 7.95. The zero-order chi connectivity index (χ0) is 49.8. The van der Waals surface area contributed by atoms with Gasteiger partial charge in [0.2, 0.25) is 49.2 Å². The quantitative estimate of drug-likeness (QED) is 0.102. The molecule has 10 aromatic rings. The van der Waals surface area contributed by atoms with E-state index in [1.54, 1.807) is 30.3 Å². The molecule has 0 radical (unpaired) electrons. The largest absolute Gasteiger partial charge is 0.246 e. The summed E-state index contributed by atoms with van der Waals surface area (Å²) in [4.78, 5) is 25.9. The van der Waals surface area contributed by atoms with Crippen molar-refractivity contribution in [2.75, 3.05) is 0 Å². The lowest BCUT2D eigenvalue weighted by molar-refractivity contribution is 0.573. The van der Waals surface area contributed by atoms with Crippen molar-refractivity contribution in [2.45, 2.75) is 62.4 Å². The second-order valence-corrected chi connectivity index (χ2v) is 25.1. The molecule has 71 heavy (non-hydrogen) atoms. The van der Waals surface area contributed by atoms with Crippen LogP contribution in [0.3, 0.4) is 0 Å². The van der Waals surface area contributed by atoms with Crippen LogP contribution in [0.4, 0.5) is 0 Å². The van der Waals surface area contributed by atoms with Crippen LogP contribution in [0.1, 0.15) is 11.3 Å². The Hall–Kier alpha value is -7.69. The molecule has 0 aliphatic carbocycles. The first-order valence-electron chi connectivity index (χ1n) is 21.3. The summed E-state index contributed by atoms with van der Waals surface area (Å²) >= 11 is 0. The van der Waals surface area contributed by atoms with E-state index >= 15 is 0 Å². The standard InChI is InChI=1S/C50H34N6O10S5/c57-67(58,34-21-9-2-10-22-34)46-39(32-31-33-19-7-1-8-20-33)51-40-41(52-46)43-45(56-50(71(65,66)38-29-17-6-18-30-38)49(54-43)70(63,64)37-27-15-5-16-28-37)44-42(40)53-47(68(59,60)35-23-11-3-12-24-35)48(55-44)69(61,62)36-25-13-4-14-26-36/h1-30H,31-32H2. The third-order valence-corrected chi connectivity index (χ3v) is 20.0. The second kappa shape index (κ2) is 17.9. The molecule has 7 aromatic carbocycles. The van der Waals surface area contributed by atoms with Gasteiger partial charge in [0.15, 0.2) is 25.1 Å². The Balaban J connectivity index is 1.43. The molecule has 0 spiro atoms. The minimum absolute atomic E-state index is 0.0927. The van der Waals surface area contributed by atoms with Gasteiger partial charge in [0.05, 0.1) is 30.2 Å². The third kappa shape index (κ3) is 8.29. The average molecular weight is 1040 g/mol. The Bertz CT molecular complexity index is 4220. The van der Waals surface area contributed by atoms with Crippen molar-refractivity contribution >= 4 is 82.3 Å². The van der Waals surface area contributed by atoms with E-state index in [1.807, 2.05) is 12.1 Å². The number of fused-ring (bicyclic) bond motifs is 6. The number of benzene rings is 7. The van der Waals surface area contributed by atoms with Crippen LogP contribution in [-0.2, 0) is 62.0 Å². The number of aromatic nitrogens is 6. The molecular formula is C50H34N6O10S5. The molecule has 16 nitrogen and oxygen atoms in total. The van der Waals surface area contributed by atoms with Gasteiger partial charge in [-0.1, -0.05) is 121 Å². The minimum atomic E-state index is -4.98. The molecule has 0 fully saturated rings. The lowest BCUT2D eigenvalue weighted by Gasteiger charge is -2.17. The van der Waals surface area contributed by atoms with Crippen LogP contribution in [0.15, 0.2) is 232 Å². The lowest BCUT2D eigenvalue weighted by Crippen LogP contribution is -2.18. The van der Waals surface area contributed by atoms with Gasteiger partial charge < -0.3 is 0 Å². The van der Waals surface area contributed by atoms with Crippen LogP contribution in [0.2, 0.25) is 0 Å². The molecule has 0 N–H and O–H groups in total. The Labute approximate surface area is 407 Å². The number of aryl methyl sites for hydroxylation is 2. The van der Waals surface area contributed by atoms with Crippen molar-refractivity contribution in [1.29, 1.82) is 0 Å². The minimum Gasteiger partial charge on any atom is -0.246 e. The van der Waals surface area contributed by atoms with Crippen molar-refractivity contribution in [3.05, 3.63) is 193 Å². The summed E-state index contributed by atoms with van der Waals surface area (Å²) in [5, 5.41) is -4.99. The molecule has 21 heteroatoms. The average Bonchev–Trinajstić information content (AvgIpc) is 3.40. The van der Waals surface area contributed by atoms with Gasteiger partial charge in [-0.15, -0.1) is 0 Å². The van der Waals surface area contributed by atoms with E-state index < -0.39 is 117 Å². The van der Waals surface area contributed by atoms with Gasteiger partial charge in [-0.2, -0.15) is 0 Å². The van der Waals surface area contributed by atoms with E-state index in [0.29, 0.717) is 0 Å². The predicted molar refractivity (Wildman–Crippen MR) is 259 cm³/mol. The van der Waals surface area contributed by atoms with Crippen molar-refractivity contribution in [1.82, 2.24) is 29.9 Å². The fourth-order valence-corrected chi connectivity index (χ4v) is 15.4. The van der Waals surface area contributed by atoms with Gasteiger partial charge in [-0.25, -0.2) is 72.0 Å². The summed E-state index contributed by atoms with van der Waals surface area (Å²) < 4.78 is 148. The van der Waals surface area contributed by atoms with Gasteiger partial charge >= 0.3 is 0 Å². The normalized spacial score (nSPS) is 12.6. The van der Waals surface area contributed by atoms with Gasteiger partial charge in [0, 0.05) is 0 Å². The van der Waals surface area contributed by atoms with E-state index in [4.69, 9.17) is 9.97 Å². The summed E-state index contributed by atoms with van der Waals surface area (Å²) in [7, 11) is -24.4. The maximum absolute atomic E-state index is 14.8. The van der Waals surface area contributed by atoms with Gasteiger partial charge in [-0.05, 0) is 79.1 Å². The van der Waals surface area contributed by atoms with Crippen LogP contribution < -0.4 is 0 Å². The van der Waals surface area contributed by atoms with Crippen molar-refractivity contribution in [3.63, 3.8) is 0 Å². The summed E-state index contributed by atoms with van der Waals surface area (Å²) in [5.74, 6) is 0. The number of nitrogens with zero attached hydrogens (tertiary/aromatic N) is 6. The molecule has 0 saturated carbocycles. The van der Waals surface area contributed by atoms with Crippen molar-refractivity contribution in [2.24, 2.45) is 0 Å². The maximum atomic E-state index is 14.8. The van der Waals surface area contributed by atoms with Gasteiger partial charge in [-0.3, -0.25) is 0 Å². The molecule has 0 saturated heterocycles. The fraction of sp³-hybridized carbons (Fsp3) is 0.0400. The molecule has 0 atom stereocenters. The molecule has 0 unspecified atom stereocenters. The number of rotatable bonds is 13. The van der Waals surface area contributed by atoms with Crippen molar-refractivity contribution < 1.29 is 42.1 Å². The highest BCUT2D eigenvalue weighted by atomic mass is 32.2. The molecular weight excluding hydrogens is 1000 g/mol. The highest BCUT2D eigenvalue weighted by Crippen LogP contribution is 2.39. The topological polar surface area (TPSA) is 248 Å². The SMILES string of the molecule is O=S(=O)(c1ccccc1)c1nc2c(nc1CCc1ccccc1)c1nc(S(=O)(=O)c3ccccc3)c(S(=O)(=O)c3ccccc3)nc1c1nc(S(=O)(=O)c3ccccc3)c(S(=O)(=O)c3ccccc3)nc21. The summed E-state index contributed by atoms with van der Waals surface area (Å²) in [6.45, 7) is 0. The molecule has 3 heterocycles. The highest BCUT2D eigenvalue weighted by Gasteiger charge is 2.38. The zero-order valence-corrected chi connectivity index (χ0v) is 40.6. The van der Waals surface area contributed by atoms with Crippen molar-refractivity contribution in [3.8, 4) is 0 Å². The van der Waals surface area contributed by atoms with E-state index in [0.717, 1.165) is 5.56 Å². The predicted octanol–water partition coefficient (Wildman–Crippen LogP) is 7.47. The van der Waals surface area contributed by atoms with Gasteiger partial charge in [0.1, 0.15) is 33.1 Å². The maximum Gasteiger partial charge on any atom is 0.226 e. The molecule has 0 amide bonds. The number of hydrogen-bond acceptors (Lipinski definition) is 16. The monoisotopic (exact) mass is 1040 g/mol. The van der Waals surface area contributed by atoms with Crippen LogP contribution >= 0.6 is 0 Å². The molecule has 3 aromatic heterocycles. The zero-order valence-electron chi connectivity index (χ0n) is 36.5. The smallest absolute Gasteiger partial charge is 0.226 e. The first-order valence-corrected chi connectivity index (χ1v) is 28.7. The summed E-state index contributed by atoms with van der Waals surface area (Å²) in [6.07, 6.45) is 0.118. The van der Waals surface area contributed by atoms with Gasteiger partial charge in [0.25, 0.3) is 0 Å². The van der Waals surface area contributed by atoms with Crippen LogP contribution in [0.25, 0.3) is 33.1 Å². The van der Waals surface area contributed by atoms with E-state index in [9.17, 15) is 42.1 Å². The third-order valence-electron chi connectivity index (χ3n) is 11.3. The molecule has 0 bridgehead atoms. The van der Waals surface area contributed by atoms with E-state index in [1.165, 1.54) is 140 Å². The number of sulfone groups is 5. The Kier molecular flexibility index (Phi) is 11.9. The van der Waals surface area contributed by atoms with Crippen LogP contribution in [0, 0.1) is 0 Å². The molecule has 0 aliphatic rings. The molecule has 0 aliphatic heterocycles. The lowest BCUT2D eigenvalue weighted by atomic mass is 10.1. The number of hydrogen-bond donors (Lipinski definition) is 0. The summed E-state index contributed by atoms with van der Waals surface area (Å²) in [6, 6.07) is 43.4. The Morgan fingerprint density at radius 3 is 0.718 bits per heavy atom. The van der Waals surface area contributed by atoms with Crippen LogP contribution in [0.5, 0.6) is 0 Å². The van der Waals surface area contributed by atoms with Crippen LogP contribution in [-0.4, -0.2) is 72.0 Å². The summed E-state index contributed by atoms with van der Waals surface area (Å²) in [5.41, 5.74) is -2.59.